The maximum absolute atomic E-state index is 12.3. The van der Waals surface area contributed by atoms with E-state index in [0.29, 0.717) is 23.5 Å². The van der Waals surface area contributed by atoms with Crippen LogP contribution in [-0.2, 0) is 6.54 Å². The fraction of sp³-hybridized carbons (Fsp3) is 0.231. The van der Waals surface area contributed by atoms with Crippen LogP contribution >= 0.6 is 22.9 Å². The first-order valence-corrected chi connectivity index (χ1v) is 6.88. The van der Waals surface area contributed by atoms with Crippen molar-refractivity contribution in [1.29, 1.82) is 0 Å². The molecule has 0 unspecified atom stereocenters. The summed E-state index contributed by atoms with van der Waals surface area (Å²) in [6, 6.07) is 5.40. The molecule has 2 rings (SSSR count). The second-order valence-electron chi connectivity index (χ2n) is 4.27. The van der Waals surface area contributed by atoms with E-state index in [1.807, 2.05) is 12.1 Å². The van der Waals surface area contributed by atoms with E-state index in [1.54, 1.807) is 31.1 Å². The van der Waals surface area contributed by atoms with Gasteiger partial charge in [0, 0.05) is 11.9 Å². The molecule has 2 aromatic heterocycles. The Balaban J connectivity index is 2.16. The lowest BCUT2D eigenvalue weighted by molar-refractivity contribution is 0.0785. The van der Waals surface area contributed by atoms with E-state index in [2.05, 4.69) is 4.98 Å². The Morgan fingerprint density at radius 1 is 1.53 bits per heavy atom. The zero-order valence-electron chi connectivity index (χ0n) is 10.7. The quantitative estimate of drug-likeness (QED) is 0.947. The van der Waals surface area contributed by atoms with Crippen LogP contribution in [0, 0.1) is 6.92 Å². The molecule has 0 bridgehead atoms. The van der Waals surface area contributed by atoms with Gasteiger partial charge in [-0.2, -0.15) is 0 Å². The van der Waals surface area contributed by atoms with Crippen LogP contribution in [0.15, 0.2) is 24.4 Å². The highest BCUT2D eigenvalue weighted by atomic mass is 35.5. The SMILES string of the molecule is Cc1ncc(N)cc1C(=O)N(C)Cc1ccc(Cl)s1. The first kappa shape index (κ1) is 13.8. The molecule has 100 valence electrons. The lowest BCUT2D eigenvalue weighted by atomic mass is 10.1. The Bertz CT molecular complexity index is 612. The molecular formula is C13H14ClN3OS. The van der Waals surface area contributed by atoms with Crippen LogP contribution in [-0.4, -0.2) is 22.8 Å². The Kier molecular flexibility index (Phi) is 4.07. The van der Waals surface area contributed by atoms with Gasteiger partial charge >= 0.3 is 0 Å². The second kappa shape index (κ2) is 5.59. The van der Waals surface area contributed by atoms with E-state index < -0.39 is 0 Å². The van der Waals surface area contributed by atoms with Gasteiger partial charge in [0.15, 0.2) is 0 Å². The van der Waals surface area contributed by atoms with Gasteiger partial charge in [-0.05, 0) is 25.1 Å². The number of nitrogen functional groups attached to an aromatic ring is 1. The number of aryl methyl sites for hydroxylation is 1. The number of aromatic nitrogens is 1. The van der Waals surface area contributed by atoms with Crippen molar-refractivity contribution in [3.05, 3.63) is 44.9 Å². The molecule has 6 heteroatoms. The van der Waals surface area contributed by atoms with Crippen molar-refractivity contribution in [1.82, 2.24) is 9.88 Å². The third-order valence-electron chi connectivity index (χ3n) is 2.71. The van der Waals surface area contributed by atoms with Crippen molar-refractivity contribution in [3.63, 3.8) is 0 Å². The summed E-state index contributed by atoms with van der Waals surface area (Å²) in [4.78, 5) is 19.1. The van der Waals surface area contributed by atoms with E-state index >= 15 is 0 Å². The molecule has 0 fully saturated rings. The van der Waals surface area contributed by atoms with E-state index in [4.69, 9.17) is 17.3 Å². The van der Waals surface area contributed by atoms with Crippen molar-refractivity contribution in [2.45, 2.75) is 13.5 Å². The zero-order chi connectivity index (χ0) is 14.0. The number of hydrogen-bond donors (Lipinski definition) is 1. The Labute approximate surface area is 120 Å². The predicted octanol–water partition coefficient (Wildman–Crippen LogP) is 2.96. The lowest BCUT2D eigenvalue weighted by Crippen LogP contribution is -2.26. The Morgan fingerprint density at radius 2 is 2.26 bits per heavy atom. The number of carbonyl (C=O) groups is 1. The number of carbonyl (C=O) groups excluding carboxylic acids is 1. The maximum atomic E-state index is 12.3. The number of hydrogen-bond acceptors (Lipinski definition) is 4. The average molecular weight is 296 g/mol. The summed E-state index contributed by atoms with van der Waals surface area (Å²) < 4.78 is 0.720. The van der Waals surface area contributed by atoms with E-state index in [-0.39, 0.29) is 5.91 Å². The third-order valence-corrected chi connectivity index (χ3v) is 3.92. The van der Waals surface area contributed by atoms with Gasteiger partial charge in [-0.25, -0.2) is 0 Å². The molecule has 1 amide bonds. The van der Waals surface area contributed by atoms with Crippen LogP contribution in [0.2, 0.25) is 4.34 Å². The highest BCUT2D eigenvalue weighted by Gasteiger charge is 2.16. The van der Waals surface area contributed by atoms with Crippen LogP contribution in [0.5, 0.6) is 0 Å². The first-order chi connectivity index (χ1) is 8.97. The third kappa shape index (κ3) is 3.24. The summed E-state index contributed by atoms with van der Waals surface area (Å²) in [7, 11) is 1.75. The summed E-state index contributed by atoms with van der Waals surface area (Å²) in [5, 5.41) is 0. The molecular weight excluding hydrogens is 282 g/mol. The van der Waals surface area contributed by atoms with Crippen molar-refractivity contribution in [3.8, 4) is 0 Å². The maximum Gasteiger partial charge on any atom is 0.255 e. The fourth-order valence-electron chi connectivity index (χ4n) is 1.71. The molecule has 0 aliphatic heterocycles. The van der Waals surface area contributed by atoms with Crippen LogP contribution in [0.4, 0.5) is 5.69 Å². The van der Waals surface area contributed by atoms with Crippen molar-refractivity contribution in [2.75, 3.05) is 12.8 Å². The minimum absolute atomic E-state index is 0.0955. The Hall–Kier alpha value is -1.59. The van der Waals surface area contributed by atoms with Gasteiger partial charge in [-0.3, -0.25) is 9.78 Å². The van der Waals surface area contributed by atoms with Crippen molar-refractivity contribution < 1.29 is 4.79 Å². The van der Waals surface area contributed by atoms with Gasteiger partial charge in [0.05, 0.1) is 34.0 Å². The number of anilines is 1. The van der Waals surface area contributed by atoms with Gasteiger partial charge in [0.2, 0.25) is 0 Å². The van der Waals surface area contributed by atoms with Gasteiger partial charge in [-0.15, -0.1) is 11.3 Å². The molecule has 2 aromatic rings. The summed E-state index contributed by atoms with van der Waals surface area (Å²) >= 11 is 7.34. The fourth-order valence-corrected chi connectivity index (χ4v) is 2.85. The molecule has 4 nitrogen and oxygen atoms in total. The van der Waals surface area contributed by atoms with Crippen LogP contribution < -0.4 is 5.73 Å². The zero-order valence-corrected chi connectivity index (χ0v) is 12.3. The van der Waals surface area contributed by atoms with Gasteiger partial charge < -0.3 is 10.6 Å². The van der Waals surface area contributed by atoms with Crippen molar-refractivity contribution >= 4 is 34.5 Å². The van der Waals surface area contributed by atoms with E-state index in [9.17, 15) is 4.79 Å². The summed E-state index contributed by atoms with van der Waals surface area (Å²) in [5.41, 5.74) is 7.37. The largest absolute Gasteiger partial charge is 0.397 e. The molecule has 0 radical (unpaired) electrons. The molecule has 0 saturated carbocycles. The second-order valence-corrected chi connectivity index (χ2v) is 6.07. The highest BCUT2D eigenvalue weighted by Crippen LogP contribution is 2.23. The molecule has 0 aliphatic rings. The number of rotatable bonds is 3. The van der Waals surface area contributed by atoms with E-state index in [0.717, 1.165) is 9.21 Å². The normalized spacial score (nSPS) is 10.5. The summed E-state index contributed by atoms with van der Waals surface area (Å²) in [6.07, 6.45) is 1.55. The van der Waals surface area contributed by atoms with Gasteiger partial charge in [-0.1, -0.05) is 11.6 Å². The number of halogens is 1. The van der Waals surface area contributed by atoms with E-state index in [1.165, 1.54) is 11.3 Å². The first-order valence-electron chi connectivity index (χ1n) is 5.69. The topological polar surface area (TPSA) is 59.2 Å². The molecule has 19 heavy (non-hydrogen) atoms. The number of nitrogens with two attached hydrogens (primary N) is 1. The standard InChI is InChI=1S/C13H14ClN3OS/c1-8-11(5-9(15)6-16-8)13(18)17(2)7-10-3-4-12(14)19-10/h3-6H,7,15H2,1-2H3. The Morgan fingerprint density at radius 3 is 2.89 bits per heavy atom. The summed E-state index contributed by atoms with van der Waals surface area (Å²) in [5.74, 6) is -0.0955. The molecule has 2 heterocycles. The molecule has 0 spiro atoms. The monoisotopic (exact) mass is 295 g/mol. The number of thiophene rings is 1. The van der Waals surface area contributed by atoms with Gasteiger partial charge in [0.25, 0.3) is 5.91 Å². The molecule has 0 atom stereocenters. The smallest absolute Gasteiger partial charge is 0.255 e. The van der Waals surface area contributed by atoms with Crippen LogP contribution in [0.25, 0.3) is 0 Å². The minimum Gasteiger partial charge on any atom is -0.397 e. The number of nitrogens with zero attached hydrogens (tertiary/aromatic N) is 2. The van der Waals surface area contributed by atoms with Gasteiger partial charge in [0.1, 0.15) is 0 Å². The number of amides is 1. The minimum atomic E-state index is -0.0955. The summed E-state index contributed by atoms with van der Waals surface area (Å²) in [6.45, 7) is 2.31. The average Bonchev–Trinajstić information content (AvgIpc) is 2.77. The highest BCUT2D eigenvalue weighted by molar-refractivity contribution is 7.16. The van der Waals surface area contributed by atoms with Crippen LogP contribution in [0.3, 0.4) is 0 Å². The predicted molar refractivity (Wildman–Crippen MR) is 78.5 cm³/mol. The molecule has 0 aromatic carbocycles. The molecule has 2 N–H and O–H groups in total. The molecule has 0 aliphatic carbocycles. The molecule has 0 saturated heterocycles. The van der Waals surface area contributed by atoms with Crippen molar-refractivity contribution in [2.24, 2.45) is 0 Å². The van der Waals surface area contributed by atoms with Crippen LogP contribution in [0.1, 0.15) is 20.9 Å². The number of pyridine rings is 1. The lowest BCUT2D eigenvalue weighted by Gasteiger charge is -2.17.